The van der Waals surface area contributed by atoms with Gasteiger partial charge in [0.1, 0.15) is 5.71 Å². The van der Waals surface area contributed by atoms with Crippen LogP contribution in [0.25, 0.3) is 0 Å². The van der Waals surface area contributed by atoms with Gasteiger partial charge in [0.25, 0.3) is 0 Å². The van der Waals surface area contributed by atoms with E-state index in [0.717, 1.165) is 6.42 Å². The molecule has 0 spiro atoms. The molecule has 48 valence electrons. The largest absolute Gasteiger partial charge is 0.477 e. The molecule has 3 nitrogen and oxygen atoms in total. The van der Waals surface area contributed by atoms with E-state index < -0.39 is 5.97 Å². The molecule has 0 atom stereocenters. The molecule has 0 amide bonds. The fraction of sp³-hybridized carbons (Fsp3) is 0.333. The summed E-state index contributed by atoms with van der Waals surface area (Å²) in [7, 11) is 0. The fourth-order valence-electron chi connectivity index (χ4n) is 0.646. The van der Waals surface area contributed by atoms with E-state index in [9.17, 15) is 4.79 Å². The van der Waals surface area contributed by atoms with Crippen LogP contribution in [-0.2, 0) is 4.79 Å². The van der Waals surface area contributed by atoms with Gasteiger partial charge in [-0.3, -0.25) is 4.99 Å². The maximum atomic E-state index is 10.2. The zero-order valence-electron chi connectivity index (χ0n) is 4.87. The second-order valence-corrected chi connectivity index (χ2v) is 1.76. The van der Waals surface area contributed by atoms with Crippen molar-refractivity contribution in [2.45, 2.75) is 6.42 Å². The molecule has 1 rings (SSSR count). The molecule has 0 aromatic carbocycles. The first-order valence-corrected chi connectivity index (χ1v) is 2.75. The third kappa shape index (κ3) is 1.38. The first kappa shape index (κ1) is 6.01. The van der Waals surface area contributed by atoms with Crippen LogP contribution in [0.3, 0.4) is 0 Å². The zero-order valence-corrected chi connectivity index (χ0v) is 4.87. The Bertz CT molecular complexity index is 181. The summed E-state index contributed by atoms with van der Waals surface area (Å²) in [6.07, 6.45) is 4.21. The first-order valence-electron chi connectivity index (χ1n) is 2.75. The molecule has 1 aliphatic heterocycles. The smallest absolute Gasteiger partial charge is 0.354 e. The molecule has 1 aliphatic rings. The van der Waals surface area contributed by atoms with E-state index in [1.807, 2.05) is 6.08 Å². The molecule has 3 heteroatoms. The average molecular weight is 125 g/mol. The Morgan fingerprint density at radius 3 is 2.89 bits per heavy atom. The van der Waals surface area contributed by atoms with Crippen LogP contribution < -0.4 is 0 Å². The molecule has 9 heavy (non-hydrogen) atoms. The van der Waals surface area contributed by atoms with Crippen molar-refractivity contribution in [3.63, 3.8) is 0 Å². The van der Waals surface area contributed by atoms with Gasteiger partial charge in [-0.2, -0.15) is 0 Å². The fourth-order valence-corrected chi connectivity index (χ4v) is 0.646. The number of nitrogens with zero attached hydrogens (tertiary/aromatic N) is 1. The van der Waals surface area contributed by atoms with Crippen LogP contribution in [0.5, 0.6) is 0 Å². The minimum atomic E-state index is -0.939. The maximum Gasteiger partial charge on any atom is 0.354 e. The van der Waals surface area contributed by atoms with Gasteiger partial charge in [0, 0.05) is 6.54 Å². The summed E-state index contributed by atoms with van der Waals surface area (Å²) in [6, 6.07) is 0. The van der Waals surface area contributed by atoms with Crippen molar-refractivity contribution in [1.82, 2.24) is 0 Å². The van der Waals surface area contributed by atoms with Crippen LogP contribution in [0.15, 0.2) is 17.1 Å². The summed E-state index contributed by atoms with van der Waals surface area (Å²) in [6.45, 7) is 0.609. The molecule has 0 saturated carbocycles. The maximum absolute atomic E-state index is 10.2. The lowest BCUT2D eigenvalue weighted by Crippen LogP contribution is -2.12. The number of hydrogen-bond acceptors (Lipinski definition) is 2. The van der Waals surface area contributed by atoms with Gasteiger partial charge in [-0.15, -0.1) is 0 Å². The Kier molecular flexibility index (Phi) is 1.63. The normalized spacial score (nSPS) is 17.1. The molecule has 1 heterocycles. The SMILES string of the molecule is O=C(O)C1=NCCC=C1. The Morgan fingerprint density at radius 2 is 2.56 bits per heavy atom. The number of carboxylic acid groups (broad SMARTS) is 1. The number of hydrogen-bond donors (Lipinski definition) is 1. The first-order chi connectivity index (χ1) is 4.30. The van der Waals surface area contributed by atoms with E-state index in [1.54, 1.807) is 0 Å². The predicted molar refractivity (Wildman–Crippen MR) is 33.7 cm³/mol. The van der Waals surface area contributed by atoms with Crippen molar-refractivity contribution in [2.75, 3.05) is 6.54 Å². The molecule has 0 bridgehead atoms. The minimum Gasteiger partial charge on any atom is -0.477 e. The standard InChI is InChI=1S/C6H7NO2/c8-6(9)5-3-1-2-4-7-5/h1,3H,2,4H2,(H,8,9). The lowest BCUT2D eigenvalue weighted by atomic mass is 10.2. The molecule has 1 N–H and O–H groups in total. The van der Waals surface area contributed by atoms with Crippen molar-refractivity contribution in [3.05, 3.63) is 12.2 Å². The van der Waals surface area contributed by atoms with Gasteiger partial charge in [-0.05, 0) is 12.5 Å². The number of rotatable bonds is 1. The van der Waals surface area contributed by atoms with E-state index in [2.05, 4.69) is 4.99 Å². The van der Waals surface area contributed by atoms with E-state index in [1.165, 1.54) is 6.08 Å². The van der Waals surface area contributed by atoms with Gasteiger partial charge in [-0.1, -0.05) is 6.08 Å². The lowest BCUT2D eigenvalue weighted by Gasteiger charge is -1.98. The Hall–Kier alpha value is -1.12. The average Bonchev–Trinajstić information content (AvgIpc) is 1.90. The minimum absolute atomic E-state index is 0.168. The number of dihydropyridines is 1. The van der Waals surface area contributed by atoms with Crippen LogP contribution in [0.1, 0.15) is 6.42 Å². The van der Waals surface area contributed by atoms with E-state index in [4.69, 9.17) is 5.11 Å². The van der Waals surface area contributed by atoms with E-state index in [0.29, 0.717) is 6.54 Å². The van der Waals surface area contributed by atoms with Crippen molar-refractivity contribution in [2.24, 2.45) is 4.99 Å². The molecular formula is C6H7NO2. The highest BCUT2D eigenvalue weighted by Gasteiger charge is 2.05. The van der Waals surface area contributed by atoms with Gasteiger partial charge in [0.15, 0.2) is 0 Å². The second-order valence-electron chi connectivity index (χ2n) is 1.76. The molecular weight excluding hydrogens is 118 g/mol. The Balaban J connectivity index is 2.69. The van der Waals surface area contributed by atoms with E-state index >= 15 is 0 Å². The molecule has 0 aromatic rings. The summed E-state index contributed by atoms with van der Waals surface area (Å²) in [5.74, 6) is -0.939. The van der Waals surface area contributed by atoms with Crippen LogP contribution in [0.2, 0.25) is 0 Å². The van der Waals surface area contributed by atoms with Crippen LogP contribution in [0.4, 0.5) is 0 Å². The summed E-state index contributed by atoms with van der Waals surface area (Å²) in [5, 5.41) is 8.36. The Morgan fingerprint density at radius 1 is 1.78 bits per heavy atom. The van der Waals surface area contributed by atoms with Crippen molar-refractivity contribution in [1.29, 1.82) is 0 Å². The van der Waals surface area contributed by atoms with Crippen LogP contribution >= 0.6 is 0 Å². The summed E-state index contributed by atoms with van der Waals surface area (Å²) in [4.78, 5) is 13.9. The highest BCUT2D eigenvalue weighted by atomic mass is 16.4. The molecule has 0 unspecified atom stereocenters. The third-order valence-electron chi connectivity index (χ3n) is 1.07. The summed E-state index contributed by atoms with van der Waals surface area (Å²) >= 11 is 0. The van der Waals surface area contributed by atoms with Crippen molar-refractivity contribution >= 4 is 11.7 Å². The van der Waals surface area contributed by atoms with Gasteiger partial charge >= 0.3 is 5.97 Å². The molecule has 0 saturated heterocycles. The van der Waals surface area contributed by atoms with Gasteiger partial charge in [0.2, 0.25) is 0 Å². The summed E-state index contributed by atoms with van der Waals surface area (Å²) < 4.78 is 0. The predicted octanol–water partition coefficient (Wildman–Crippen LogP) is 0.472. The molecule has 0 radical (unpaired) electrons. The quantitative estimate of drug-likeness (QED) is 0.553. The highest BCUT2D eigenvalue weighted by Crippen LogP contribution is 1.95. The van der Waals surface area contributed by atoms with Gasteiger partial charge in [-0.25, -0.2) is 4.79 Å². The second kappa shape index (κ2) is 2.44. The third-order valence-corrected chi connectivity index (χ3v) is 1.07. The summed E-state index contributed by atoms with van der Waals surface area (Å²) in [5.41, 5.74) is 0.168. The number of carboxylic acids is 1. The number of aliphatic imine (C=N–C) groups is 1. The molecule has 0 aliphatic carbocycles. The van der Waals surface area contributed by atoms with Crippen LogP contribution in [-0.4, -0.2) is 23.3 Å². The number of aliphatic carboxylic acids is 1. The van der Waals surface area contributed by atoms with Gasteiger partial charge in [0.05, 0.1) is 0 Å². The van der Waals surface area contributed by atoms with Gasteiger partial charge < -0.3 is 5.11 Å². The van der Waals surface area contributed by atoms with Crippen LogP contribution in [0, 0.1) is 0 Å². The molecule has 0 fully saturated rings. The Labute approximate surface area is 52.7 Å². The van der Waals surface area contributed by atoms with Crippen molar-refractivity contribution < 1.29 is 9.90 Å². The molecule has 0 aromatic heterocycles. The topological polar surface area (TPSA) is 49.7 Å². The van der Waals surface area contributed by atoms with E-state index in [-0.39, 0.29) is 5.71 Å². The zero-order chi connectivity index (χ0) is 6.69. The van der Waals surface area contributed by atoms with Crippen molar-refractivity contribution in [3.8, 4) is 0 Å². The number of carbonyl (C=O) groups is 1. The monoisotopic (exact) mass is 125 g/mol. The highest BCUT2D eigenvalue weighted by molar-refractivity contribution is 6.40. The lowest BCUT2D eigenvalue weighted by molar-refractivity contribution is -0.129.